The van der Waals surface area contributed by atoms with E-state index in [0.717, 1.165) is 32.1 Å². The van der Waals surface area contributed by atoms with Gasteiger partial charge in [-0.3, -0.25) is 13.8 Å². The van der Waals surface area contributed by atoms with Crippen LogP contribution in [0.15, 0.2) is 12.2 Å². The summed E-state index contributed by atoms with van der Waals surface area (Å²) in [5.41, 5.74) is 0. The van der Waals surface area contributed by atoms with E-state index in [4.69, 9.17) is 9.05 Å². The summed E-state index contributed by atoms with van der Waals surface area (Å²) in [5.74, 6) is -0.182. The van der Waals surface area contributed by atoms with Gasteiger partial charge in [-0.2, -0.15) is 0 Å². The molecule has 3 N–H and O–H groups in total. The number of hydrogen-bond acceptors (Lipinski definition) is 5. The van der Waals surface area contributed by atoms with Gasteiger partial charge in [0.2, 0.25) is 5.91 Å². The first-order valence-corrected chi connectivity index (χ1v) is 21.1. The second-order valence-corrected chi connectivity index (χ2v) is 16.1. The second-order valence-electron chi connectivity index (χ2n) is 14.7. The van der Waals surface area contributed by atoms with Crippen molar-refractivity contribution in [3.05, 3.63) is 12.2 Å². The molecule has 0 aliphatic heterocycles. The number of rotatable bonds is 35. The van der Waals surface area contributed by atoms with E-state index in [0.29, 0.717) is 17.4 Å². The largest absolute Gasteiger partial charge is 0.472 e. The molecule has 9 heteroatoms. The van der Waals surface area contributed by atoms with E-state index in [1.807, 2.05) is 27.2 Å². The molecule has 0 aliphatic rings. The molecular weight excluding hydrogens is 611 g/mol. The number of quaternary nitrogens is 1. The highest BCUT2D eigenvalue weighted by molar-refractivity contribution is 7.47. The summed E-state index contributed by atoms with van der Waals surface area (Å²) in [4.78, 5) is 22.9. The lowest BCUT2D eigenvalue weighted by Crippen LogP contribution is -2.45. The average Bonchev–Trinajstić information content (AvgIpc) is 3.01. The second kappa shape index (κ2) is 31.2. The molecule has 0 spiro atoms. The topological polar surface area (TPSA) is 105 Å². The molecule has 0 bridgehead atoms. The number of unbranched alkanes of at least 4 members (excludes halogenated alkanes) is 22. The number of aliphatic hydroxyl groups excluding tert-OH is 1. The Balaban J connectivity index is 4.43. The van der Waals surface area contributed by atoms with Crippen molar-refractivity contribution < 1.29 is 32.9 Å². The van der Waals surface area contributed by atoms with E-state index in [1.165, 1.54) is 122 Å². The van der Waals surface area contributed by atoms with Crippen molar-refractivity contribution in [1.82, 2.24) is 5.32 Å². The van der Waals surface area contributed by atoms with Crippen LogP contribution >= 0.6 is 7.82 Å². The molecule has 8 nitrogen and oxygen atoms in total. The molecule has 0 radical (unpaired) electrons. The van der Waals surface area contributed by atoms with Crippen molar-refractivity contribution in [1.29, 1.82) is 0 Å². The monoisotopic (exact) mass is 690 g/mol. The predicted octanol–water partition coefficient (Wildman–Crippen LogP) is 10.0. The summed E-state index contributed by atoms with van der Waals surface area (Å²) in [6, 6.07) is -0.837. The third-order valence-electron chi connectivity index (χ3n) is 8.76. The van der Waals surface area contributed by atoms with Crippen molar-refractivity contribution >= 4 is 13.7 Å². The lowest BCUT2D eigenvalue weighted by atomic mass is 10.0. The van der Waals surface area contributed by atoms with Crippen LogP contribution in [0.2, 0.25) is 0 Å². The molecule has 0 rings (SSSR count). The number of phosphoric acid groups is 1. The molecule has 280 valence electrons. The minimum Gasteiger partial charge on any atom is -0.387 e. The Kier molecular flexibility index (Phi) is 30.7. The highest BCUT2D eigenvalue weighted by Gasteiger charge is 2.27. The Labute approximate surface area is 291 Å². The fourth-order valence-electron chi connectivity index (χ4n) is 5.57. The molecule has 3 unspecified atom stereocenters. The van der Waals surface area contributed by atoms with Crippen molar-refractivity contribution in [3.63, 3.8) is 0 Å². The molecule has 0 saturated heterocycles. The van der Waals surface area contributed by atoms with Crippen molar-refractivity contribution in [2.45, 2.75) is 187 Å². The Morgan fingerprint density at radius 3 is 1.57 bits per heavy atom. The Morgan fingerprint density at radius 2 is 1.13 bits per heavy atom. The predicted molar refractivity (Wildman–Crippen MR) is 198 cm³/mol. The maximum atomic E-state index is 12.7. The molecule has 0 aliphatic carbocycles. The van der Waals surface area contributed by atoms with Gasteiger partial charge in [0.15, 0.2) is 0 Å². The van der Waals surface area contributed by atoms with E-state index >= 15 is 0 Å². The summed E-state index contributed by atoms with van der Waals surface area (Å²) in [7, 11) is 1.58. The normalized spacial score (nSPS) is 14.8. The van der Waals surface area contributed by atoms with Gasteiger partial charge in [-0.15, -0.1) is 0 Å². The molecule has 47 heavy (non-hydrogen) atoms. The number of aliphatic hydroxyl groups is 1. The minimum absolute atomic E-state index is 0.0639. The Hall–Kier alpha value is -0.760. The third-order valence-corrected chi connectivity index (χ3v) is 9.74. The van der Waals surface area contributed by atoms with Crippen molar-refractivity contribution in [2.24, 2.45) is 0 Å². The van der Waals surface area contributed by atoms with Crippen LogP contribution in [0.3, 0.4) is 0 Å². The van der Waals surface area contributed by atoms with Gasteiger partial charge < -0.3 is 19.8 Å². The summed E-state index contributed by atoms with van der Waals surface area (Å²) >= 11 is 0. The van der Waals surface area contributed by atoms with E-state index in [2.05, 4.69) is 19.2 Å². The van der Waals surface area contributed by atoms with Gasteiger partial charge in [-0.1, -0.05) is 161 Å². The van der Waals surface area contributed by atoms with Crippen LogP contribution in [0.5, 0.6) is 0 Å². The summed E-state index contributed by atoms with van der Waals surface area (Å²) in [6.07, 6.45) is 32.8. The molecule has 0 aromatic heterocycles. The van der Waals surface area contributed by atoms with Gasteiger partial charge in [0.1, 0.15) is 13.2 Å². The van der Waals surface area contributed by atoms with Crippen LogP contribution in [0.25, 0.3) is 0 Å². The SMILES string of the molecule is CCCCCCCCCCCCCCCCC/C=C/C(O)C(COP(=O)(O)OCC[N+](C)(C)C)NC(=O)CCCCCCCCCC. The van der Waals surface area contributed by atoms with Crippen LogP contribution in [0, 0.1) is 0 Å². The molecular formula is C38H78N2O6P+. The third kappa shape index (κ3) is 33.5. The highest BCUT2D eigenvalue weighted by atomic mass is 31.2. The van der Waals surface area contributed by atoms with E-state index in [-0.39, 0.29) is 19.1 Å². The van der Waals surface area contributed by atoms with Crippen LogP contribution in [0.1, 0.15) is 174 Å². The number of nitrogens with zero attached hydrogens (tertiary/aromatic N) is 1. The van der Waals surface area contributed by atoms with Gasteiger partial charge in [0.05, 0.1) is 39.9 Å². The van der Waals surface area contributed by atoms with E-state index in [1.54, 1.807) is 6.08 Å². The van der Waals surface area contributed by atoms with Gasteiger partial charge in [-0.05, 0) is 19.3 Å². The van der Waals surface area contributed by atoms with Crippen molar-refractivity contribution in [2.75, 3.05) is 40.9 Å². The van der Waals surface area contributed by atoms with E-state index in [9.17, 15) is 19.4 Å². The lowest BCUT2D eigenvalue weighted by molar-refractivity contribution is -0.870. The zero-order chi connectivity index (χ0) is 35.1. The lowest BCUT2D eigenvalue weighted by Gasteiger charge is -2.25. The van der Waals surface area contributed by atoms with E-state index < -0.39 is 20.0 Å². The highest BCUT2D eigenvalue weighted by Crippen LogP contribution is 2.43. The van der Waals surface area contributed by atoms with Crippen LogP contribution in [0.4, 0.5) is 0 Å². The molecule has 0 aromatic carbocycles. The smallest absolute Gasteiger partial charge is 0.387 e. The number of nitrogens with one attached hydrogen (secondary N) is 1. The van der Waals surface area contributed by atoms with Gasteiger partial charge in [-0.25, -0.2) is 4.57 Å². The van der Waals surface area contributed by atoms with Crippen LogP contribution in [-0.2, 0) is 18.4 Å². The Bertz CT molecular complexity index is 789. The average molecular weight is 690 g/mol. The molecule has 0 saturated carbocycles. The Morgan fingerprint density at radius 1 is 0.702 bits per heavy atom. The van der Waals surface area contributed by atoms with Gasteiger partial charge in [0, 0.05) is 6.42 Å². The molecule has 0 fully saturated rings. The van der Waals surface area contributed by atoms with Crippen LogP contribution in [-0.4, -0.2) is 73.4 Å². The van der Waals surface area contributed by atoms with Gasteiger partial charge in [0.25, 0.3) is 0 Å². The number of phosphoric ester groups is 1. The minimum atomic E-state index is -4.32. The molecule has 3 atom stereocenters. The fraction of sp³-hybridized carbons (Fsp3) is 0.921. The van der Waals surface area contributed by atoms with Crippen molar-refractivity contribution in [3.8, 4) is 0 Å². The number of carbonyl (C=O) groups is 1. The molecule has 0 aromatic rings. The number of allylic oxidation sites excluding steroid dienone is 1. The first kappa shape index (κ1) is 46.2. The maximum Gasteiger partial charge on any atom is 0.472 e. The first-order chi connectivity index (χ1) is 22.5. The number of hydrogen-bond donors (Lipinski definition) is 3. The molecule has 1 amide bonds. The van der Waals surface area contributed by atoms with Crippen LogP contribution < -0.4 is 5.32 Å². The number of amides is 1. The first-order valence-electron chi connectivity index (χ1n) is 19.6. The summed E-state index contributed by atoms with van der Waals surface area (Å²) in [6.45, 7) is 4.77. The molecule has 0 heterocycles. The standard InChI is InChI=1S/C38H77N2O6P/c1-6-8-10-12-14-16-17-18-19-20-21-22-23-24-25-27-29-31-37(41)36(35-46-47(43,44)45-34-33-40(3,4)5)39-38(42)32-30-28-26-15-13-11-9-7-2/h29,31,36-37,41H,6-28,30,32-35H2,1-5H3,(H-,39,42,43,44)/p+1/b31-29+. The number of carbonyl (C=O) groups excluding carboxylic acids is 1. The maximum absolute atomic E-state index is 12.7. The summed E-state index contributed by atoms with van der Waals surface area (Å²) in [5, 5.41) is 13.7. The zero-order valence-electron chi connectivity index (χ0n) is 31.5. The zero-order valence-corrected chi connectivity index (χ0v) is 32.4. The summed E-state index contributed by atoms with van der Waals surface area (Å²) < 4.78 is 23.4. The number of likely N-dealkylation sites (N-methyl/N-ethyl adjacent to an activating group) is 1. The fourth-order valence-corrected chi connectivity index (χ4v) is 6.31. The quantitative estimate of drug-likeness (QED) is 0.0265. The van der Waals surface area contributed by atoms with Gasteiger partial charge >= 0.3 is 7.82 Å².